The van der Waals surface area contributed by atoms with Gasteiger partial charge in [-0.05, 0) is 31.2 Å². The number of carbonyl (C=O) groups excluding carboxylic acids is 1. The van der Waals surface area contributed by atoms with Gasteiger partial charge in [0.25, 0.3) is 5.69 Å². The van der Waals surface area contributed by atoms with E-state index in [9.17, 15) is 14.9 Å². The Morgan fingerprint density at radius 3 is 2.57 bits per heavy atom. The minimum absolute atomic E-state index is 0.0103. The van der Waals surface area contributed by atoms with Crippen LogP contribution in [0.15, 0.2) is 53.7 Å². The van der Waals surface area contributed by atoms with Gasteiger partial charge < -0.3 is 5.32 Å². The second-order valence-electron chi connectivity index (χ2n) is 4.22. The lowest BCUT2D eigenvalue weighted by Gasteiger charge is -2.11. The van der Waals surface area contributed by atoms with Crippen molar-refractivity contribution in [3.63, 3.8) is 0 Å². The number of anilines is 1. The van der Waals surface area contributed by atoms with Crippen LogP contribution in [0.3, 0.4) is 0 Å². The summed E-state index contributed by atoms with van der Waals surface area (Å²) in [5, 5.41) is 13.7. The number of hydrogen-bond acceptors (Lipinski definition) is 5. The Morgan fingerprint density at radius 2 is 2.00 bits per heavy atom. The van der Waals surface area contributed by atoms with E-state index in [2.05, 4.69) is 10.3 Å². The molecule has 1 amide bonds. The Kier molecular flexibility index (Phi) is 4.89. The summed E-state index contributed by atoms with van der Waals surface area (Å²) in [6.07, 6.45) is 1.67. The van der Waals surface area contributed by atoms with E-state index in [4.69, 9.17) is 0 Å². The first-order chi connectivity index (χ1) is 10.1. The largest absolute Gasteiger partial charge is 0.325 e. The van der Waals surface area contributed by atoms with E-state index in [1.807, 2.05) is 18.2 Å². The summed E-state index contributed by atoms with van der Waals surface area (Å²) < 4.78 is 0. The maximum absolute atomic E-state index is 12.0. The third-order valence-corrected chi connectivity index (χ3v) is 3.70. The molecule has 0 saturated heterocycles. The van der Waals surface area contributed by atoms with Crippen molar-refractivity contribution < 1.29 is 9.72 Å². The second kappa shape index (κ2) is 6.85. The van der Waals surface area contributed by atoms with Crippen molar-refractivity contribution in [2.75, 3.05) is 5.32 Å². The highest BCUT2D eigenvalue weighted by atomic mass is 32.2. The van der Waals surface area contributed by atoms with Crippen molar-refractivity contribution in [3.05, 3.63) is 58.8 Å². The number of nitrogens with one attached hydrogen (secondary N) is 1. The van der Waals surface area contributed by atoms with Crippen LogP contribution in [0.5, 0.6) is 0 Å². The molecule has 21 heavy (non-hydrogen) atoms. The van der Waals surface area contributed by atoms with E-state index >= 15 is 0 Å². The average Bonchev–Trinajstić information content (AvgIpc) is 2.48. The highest BCUT2D eigenvalue weighted by Gasteiger charge is 2.15. The molecule has 0 aliphatic rings. The summed E-state index contributed by atoms with van der Waals surface area (Å²) in [5.74, 6) is -0.181. The predicted octanol–water partition coefficient (Wildman–Crippen LogP) is 3.11. The summed E-state index contributed by atoms with van der Waals surface area (Å²) in [6.45, 7) is 1.78. The molecule has 1 aromatic carbocycles. The Bertz CT molecular complexity index is 632. The number of pyridine rings is 1. The number of carbonyl (C=O) groups is 1. The van der Waals surface area contributed by atoms with E-state index in [0.29, 0.717) is 5.69 Å². The molecule has 6 nitrogen and oxygen atoms in total. The molecule has 1 N–H and O–H groups in total. The number of aromatic nitrogens is 1. The number of rotatable bonds is 5. The van der Waals surface area contributed by atoms with Crippen LogP contribution < -0.4 is 5.32 Å². The standard InChI is InChI=1S/C14H13N3O3S/c1-10(21-13-4-2-3-9-15-13)14(18)16-11-5-7-12(8-6-11)17(19)20/h2-10H,1H3,(H,16,18). The van der Waals surface area contributed by atoms with Crippen molar-refractivity contribution in [2.45, 2.75) is 17.2 Å². The first kappa shape index (κ1) is 15.0. The number of amides is 1. The summed E-state index contributed by atoms with van der Waals surface area (Å²) in [7, 11) is 0. The lowest BCUT2D eigenvalue weighted by Crippen LogP contribution is -2.22. The maximum atomic E-state index is 12.0. The van der Waals surface area contributed by atoms with Crippen LogP contribution in [0.1, 0.15) is 6.92 Å². The first-order valence-corrected chi connectivity index (χ1v) is 7.07. The molecular weight excluding hydrogens is 290 g/mol. The molecule has 0 spiro atoms. The minimum atomic E-state index is -0.481. The molecule has 2 aromatic rings. The molecule has 0 bridgehead atoms. The zero-order valence-electron chi connectivity index (χ0n) is 11.2. The lowest BCUT2D eigenvalue weighted by molar-refractivity contribution is -0.384. The Morgan fingerprint density at radius 1 is 1.29 bits per heavy atom. The minimum Gasteiger partial charge on any atom is -0.325 e. The van der Waals surface area contributed by atoms with Crippen LogP contribution in [0, 0.1) is 10.1 Å². The number of hydrogen-bond donors (Lipinski definition) is 1. The van der Waals surface area contributed by atoms with Gasteiger partial charge in [-0.1, -0.05) is 17.8 Å². The smallest absolute Gasteiger partial charge is 0.269 e. The van der Waals surface area contributed by atoms with E-state index < -0.39 is 4.92 Å². The SMILES string of the molecule is CC(Sc1ccccn1)C(=O)Nc1ccc([N+](=O)[O-])cc1. The maximum Gasteiger partial charge on any atom is 0.269 e. The van der Waals surface area contributed by atoms with Crippen LogP contribution in [0.4, 0.5) is 11.4 Å². The van der Waals surface area contributed by atoms with Crippen molar-refractivity contribution in [1.82, 2.24) is 4.98 Å². The summed E-state index contributed by atoms with van der Waals surface area (Å²) in [4.78, 5) is 26.3. The van der Waals surface area contributed by atoms with Crippen LogP contribution in [0.25, 0.3) is 0 Å². The molecule has 0 aliphatic carbocycles. The molecule has 7 heteroatoms. The lowest BCUT2D eigenvalue weighted by atomic mass is 10.3. The molecule has 1 heterocycles. The summed E-state index contributed by atoms with van der Waals surface area (Å²) >= 11 is 1.35. The van der Waals surface area contributed by atoms with Crippen LogP contribution in [0.2, 0.25) is 0 Å². The molecule has 1 atom stereocenters. The highest BCUT2D eigenvalue weighted by molar-refractivity contribution is 8.00. The number of nitro benzene ring substituents is 1. The fourth-order valence-electron chi connectivity index (χ4n) is 1.56. The number of thioether (sulfide) groups is 1. The van der Waals surface area contributed by atoms with Crippen molar-refractivity contribution in [1.29, 1.82) is 0 Å². The van der Waals surface area contributed by atoms with E-state index in [-0.39, 0.29) is 16.8 Å². The molecule has 1 unspecified atom stereocenters. The number of non-ortho nitro benzene ring substituents is 1. The molecule has 0 saturated carbocycles. The topological polar surface area (TPSA) is 85.1 Å². The molecule has 0 fully saturated rings. The van der Waals surface area contributed by atoms with Gasteiger partial charge in [0.05, 0.1) is 15.2 Å². The molecular formula is C14H13N3O3S. The third-order valence-electron chi connectivity index (χ3n) is 2.65. The number of nitro groups is 1. The van der Waals surface area contributed by atoms with Gasteiger partial charge in [0.2, 0.25) is 5.91 Å². The fourth-order valence-corrected chi connectivity index (χ4v) is 2.37. The molecule has 0 radical (unpaired) electrons. The number of benzene rings is 1. The van der Waals surface area contributed by atoms with Gasteiger partial charge in [0.15, 0.2) is 0 Å². The van der Waals surface area contributed by atoms with Gasteiger partial charge in [-0.25, -0.2) is 4.98 Å². The first-order valence-electron chi connectivity index (χ1n) is 6.19. The number of nitrogens with zero attached hydrogens (tertiary/aromatic N) is 2. The van der Waals surface area contributed by atoms with E-state index in [0.717, 1.165) is 5.03 Å². The molecule has 2 rings (SSSR count). The zero-order chi connectivity index (χ0) is 15.2. The Labute approximate surface area is 125 Å². The van der Waals surface area contributed by atoms with E-state index in [1.54, 1.807) is 13.1 Å². The van der Waals surface area contributed by atoms with Crippen LogP contribution in [-0.2, 0) is 4.79 Å². The van der Waals surface area contributed by atoms with Gasteiger partial charge in [0.1, 0.15) is 0 Å². The van der Waals surface area contributed by atoms with Crippen molar-refractivity contribution in [3.8, 4) is 0 Å². The Balaban J connectivity index is 1.95. The monoisotopic (exact) mass is 303 g/mol. The van der Waals surface area contributed by atoms with Crippen molar-refractivity contribution >= 4 is 29.0 Å². The highest BCUT2D eigenvalue weighted by Crippen LogP contribution is 2.22. The molecule has 0 aliphatic heterocycles. The van der Waals surface area contributed by atoms with Crippen LogP contribution >= 0.6 is 11.8 Å². The van der Waals surface area contributed by atoms with Crippen molar-refractivity contribution in [2.24, 2.45) is 0 Å². The Hall–Kier alpha value is -2.41. The summed E-state index contributed by atoms with van der Waals surface area (Å²) in [5.41, 5.74) is 0.517. The van der Waals surface area contributed by atoms with Gasteiger partial charge >= 0.3 is 0 Å². The third kappa shape index (κ3) is 4.28. The van der Waals surface area contributed by atoms with Gasteiger partial charge in [-0.15, -0.1) is 0 Å². The van der Waals surface area contributed by atoms with E-state index in [1.165, 1.54) is 36.0 Å². The second-order valence-corrected chi connectivity index (χ2v) is 5.58. The quantitative estimate of drug-likeness (QED) is 0.521. The van der Waals surface area contributed by atoms with Gasteiger partial charge in [-0.3, -0.25) is 14.9 Å². The van der Waals surface area contributed by atoms with Gasteiger partial charge in [0, 0.05) is 24.0 Å². The molecule has 1 aromatic heterocycles. The normalized spacial score (nSPS) is 11.7. The van der Waals surface area contributed by atoms with Crippen LogP contribution in [-0.4, -0.2) is 21.1 Å². The predicted molar refractivity (Wildman–Crippen MR) is 81.3 cm³/mol. The zero-order valence-corrected chi connectivity index (χ0v) is 12.0. The van der Waals surface area contributed by atoms with Gasteiger partial charge in [-0.2, -0.15) is 0 Å². The summed E-state index contributed by atoms with van der Waals surface area (Å²) in [6, 6.07) is 11.2. The average molecular weight is 303 g/mol. The fraction of sp³-hybridized carbons (Fsp3) is 0.143. The molecule has 108 valence electrons.